The van der Waals surface area contributed by atoms with Gasteiger partial charge >= 0.3 is 0 Å². The third-order valence-corrected chi connectivity index (χ3v) is 6.41. The maximum Gasteiger partial charge on any atom is 0.245 e. The second kappa shape index (κ2) is 8.21. The number of nitrogens with zero attached hydrogens (tertiary/aromatic N) is 5. The predicted molar refractivity (Wildman–Crippen MR) is 111 cm³/mol. The van der Waals surface area contributed by atoms with Crippen molar-refractivity contribution in [2.24, 2.45) is 0 Å². The number of rotatable bonds is 5. The lowest BCUT2D eigenvalue weighted by Crippen LogP contribution is -2.46. The Morgan fingerprint density at radius 1 is 1.21 bits per heavy atom. The maximum atomic E-state index is 6.33. The third-order valence-electron chi connectivity index (χ3n) is 5.61. The van der Waals surface area contributed by atoms with Gasteiger partial charge in [-0.15, -0.1) is 0 Å². The number of aromatic nitrogens is 5. The van der Waals surface area contributed by atoms with E-state index in [2.05, 4.69) is 34.8 Å². The zero-order chi connectivity index (χ0) is 19.6. The Morgan fingerprint density at radius 3 is 2.79 bits per heavy atom. The number of aryl methyl sites for hydroxylation is 1. The molecule has 0 bridgehead atoms. The van der Waals surface area contributed by atoms with E-state index in [0.717, 1.165) is 73.7 Å². The van der Waals surface area contributed by atoms with Crippen molar-refractivity contribution in [1.29, 1.82) is 0 Å². The summed E-state index contributed by atoms with van der Waals surface area (Å²) in [5, 5.41) is 11.2. The zero-order valence-electron chi connectivity index (χ0n) is 16.4. The largest absolute Gasteiger partial charge is 0.473 e. The summed E-state index contributed by atoms with van der Waals surface area (Å²) in [4.78, 5) is 11.7. The normalized spacial score (nSPS) is 23.3. The number of hydrogen-bond acceptors (Lipinski definition) is 9. The van der Waals surface area contributed by atoms with E-state index < -0.39 is 0 Å². The van der Waals surface area contributed by atoms with Gasteiger partial charge in [-0.1, -0.05) is 0 Å². The molecule has 0 spiro atoms. The van der Waals surface area contributed by atoms with Crippen LogP contribution in [0.2, 0.25) is 0 Å². The van der Waals surface area contributed by atoms with Gasteiger partial charge in [-0.2, -0.15) is 14.5 Å². The van der Waals surface area contributed by atoms with Crippen LogP contribution in [0.15, 0.2) is 12.3 Å². The van der Waals surface area contributed by atoms with Crippen molar-refractivity contribution in [3.05, 3.63) is 18.0 Å². The van der Waals surface area contributed by atoms with Gasteiger partial charge in [0, 0.05) is 19.1 Å². The Bertz CT molecular complexity index is 961. The summed E-state index contributed by atoms with van der Waals surface area (Å²) >= 11 is 1.39. The average Bonchev–Trinajstić information content (AvgIpc) is 3.38. The highest BCUT2D eigenvalue weighted by molar-refractivity contribution is 7.10. The van der Waals surface area contributed by atoms with Crippen LogP contribution in [-0.2, 0) is 4.74 Å². The molecule has 29 heavy (non-hydrogen) atoms. The van der Waals surface area contributed by atoms with E-state index in [-0.39, 0.29) is 6.10 Å². The molecule has 1 aliphatic carbocycles. The molecule has 3 aromatic rings. The molecular formula is C19H25N7O2S. The summed E-state index contributed by atoms with van der Waals surface area (Å²) in [7, 11) is 0. The number of fused-ring (bicyclic) bond motifs is 1. The molecule has 1 saturated heterocycles. The molecule has 2 aliphatic rings. The van der Waals surface area contributed by atoms with E-state index in [4.69, 9.17) is 9.47 Å². The van der Waals surface area contributed by atoms with Crippen molar-refractivity contribution in [3.8, 4) is 5.88 Å². The molecule has 3 aromatic heterocycles. The highest BCUT2D eigenvalue weighted by Gasteiger charge is 2.28. The van der Waals surface area contributed by atoms with Gasteiger partial charge in [0.1, 0.15) is 22.1 Å². The predicted octanol–water partition coefficient (Wildman–Crippen LogP) is 2.88. The van der Waals surface area contributed by atoms with Crippen molar-refractivity contribution >= 4 is 33.5 Å². The molecule has 0 atom stereocenters. The first-order valence-corrected chi connectivity index (χ1v) is 10.9. The molecule has 4 heterocycles. The van der Waals surface area contributed by atoms with E-state index in [0.29, 0.717) is 17.9 Å². The van der Waals surface area contributed by atoms with Crippen molar-refractivity contribution < 1.29 is 9.47 Å². The number of nitrogens with one attached hydrogen (secondary N) is 2. The monoisotopic (exact) mass is 415 g/mol. The van der Waals surface area contributed by atoms with Crippen LogP contribution < -0.4 is 10.1 Å². The summed E-state index contributed by atoms with van der Waals surface area (Å²) in [5.74, 6) is 1.06. The highest BCUT2D eigenvalue weighted by Crippen LogP contribution is 2.30. The first kappa shape index (κ1) is 18.7. The van der Waals surface area contributed by atoms with Gasteiger partial charge in [0.15, 0.2) is 0 Å². The lowest BCUT2D eigenvalue weighted by atomic mass is 9.91. The molecule has 0 unspecified atom stereocenters. The summed E-state index contributed by atoms with van der Waals surface area (Å²) in [6.07, 6.45) is 6.20. The Balaban J connectivity index is 1.28. The molecule has 2 N–H and O–H groups in total. The van der Waals surface area contributed by atoms with Crippen LogP contribution in [0.1, 0.15) is 31.4 Å². The van der Waals surface area contributed by atoms with Crippen LogP contribution in [0.4, 0.5) is 10.9 Å². The van der Waals surface area contributed by atoms with Crippen molar-refractivity contribution in [3.63, 3.8) is 0 Å². The van der Waals surface area contributed by atoms with Gasteiger partial charge in [-0.25, -0.2) is 4.98 Å². The molecule has 5 rings (SSSR count). The maximum absolute atomic E-state index is 6.33. The second-order valence-corrected chi connectivity index (χ2v) is 8.44. The average molecular weight is 416 g/mol. The van der Waals surface area contributed by atoms with Gasteiger partial charge < -0.3 is 14.8 Å². The molecular weight excluding hydrogens is 390 g/mol. The lowest BCUT2D eigenvalue weighted by Gasteiger charge is -2.38. The van der Waals surface area contributed by atoms with Crippen LogP contribution in [-0.4, -0.2) is 67.9 Å². The van der Waals surface area contributed by atoms with E-state index in [9.17, 15) is 0 Å². The lowest BCUT2D eigenvalue weighted by molar-refractivity contribution is -0.00126. The number of aromatic amines is 1. The molecule has 0 radical (unpaired) electrons. The topological polar surface area (TPSA) is 101 Å². The summed E-state index contributed by atoms with van der Waals surface area (Å²) < 4.78 is 16.1. The van der Waals surface area contributed by atoms with Gasteiger partial charge in [0.25, 0.3) is 0 Å². The highest BCUT2D eigenvalue weighted by atomic mass is 32.1. The van der Waals surface area contributed by atoms with Gasteiger partial charge in [-0.3, -0.25) is 10.00 Å². The van der Waals surface area contributed by atoms with Gasteiger partial charge in [-0.05, 0) is 50.2 Å². The Hall–Kier alpha value is -2.30. The Morgan fingerprint density at radius 2 is 2.03 bits per heavy atom. The van der Waals surface area contributed by atoms with Crippen LogP contribution >= 0.6 is 11.5 Å². The molecule has 0 amide bonds. The van der Waals surface area contributed by atoms with E-state index in [1.165, 1.54) is 11.5 Å². The van der Waals surface area contributed by atoms with Crippen molar-refractivity contribution in [1.82, 2.24) is 29.4 Å². The standard InChI is InChI=1S/C19H25N7O2S/c1-12-10-16(29-25-12)22-19-21-15-11-20-24-17(15)18(23-19)28-14-4-2-13(3-5-14)26-6-8-27-9-7-26/h10-11,13-14H,2-9H2,1H3,(H,20,24)(H,21,22,23)/t13-,14-. The van der Waals surface area contributed by atoms with E-state index in [1.807, 2.05) is 13.0 Å². The summed E-state index contributed by atoms with van der Waals surface area (Å²) in [6.45, 7) is 5.75. The molecule has 10 heteroatoms. The molecule has 154 valence electrons. The minimum absolute atomic E-state index is 0.159. The third kappa shape index (κ3) is 4.19. The Kier molecular flexibility index (Phi) is 5.30. The summed E-state index contributed by atoms with van der Waals surface area (Å²) in [6, 6.07) is 2.62. The number of hydrogen-bond donors (Lipinski definition) is 2. The molecule has 2 fully saturated rings. The minimum atomic E-state index is 0.159. The van der Waals surface area contributed by atoms with Crippen LogP contribution in [0, 0.1) is 6.92 Å². The number of morpholine rings is 1. The van der Waals surface area contributed by atoms with Crippen LogP contribution in [0.5, 0.6) is 5.88 Å². The molecule has 0 aromatic carbocycles. The minimum Gasteiger partial charge on any atom is -0.473 e. The van der Waals surface area contributed by atoms with E-state index in [1.54, 1.807) is 6.20 Å². The zero-order valence-corrected chi connectivity index (χ0v) is 17.2. The number of ether oxygens (including phenoxy) is 2. The van der Waals surface area contributed by atoms with Crippen molar-refractivity contribution in [2.45, 2.75) is 44.8 Å². The number of H-pyrrole nitrogens is 1. The quantitative estimate of drug-likeness (QED) is 0.656. The van der Waals surface area contributed by atoms with Crippen molar-refractivity contribution in [2.75, 3.05) is 31.6 Å². The first-order chi connectivity index (χ1) is 14.2. The van der Waals surface area contributed by atoms with Crippen LogP contribution in [0.25, 0.3) is 11.0 Å². The van der Waals surface area contributed by atoms with Crippen LogP contribution in [0.3, 0.4) is 0 Å². The summed E-state index contributed by atoms with van der Waals surface area (Å²) in [5.41, 5.74) is 2.45. The molecule has 9 nitrogen and oxygen atoms in total. The fourth-order valence-electron chi connectivity index (χ4n) is 4.12. The van der Waals surface area contributed by atoms with Gasteiger partial charge in [0.05, 0.1) is 25.1 Å². The smallest absolute Gasteiger partial charge is 0.245 e. The molecule has 1 aliphatic heterocycles. The number of anilines is 2. The fraction of sp³-hybridized carbons (Fsp3) is 0.579. The fourth-order valence-corrected chi connectivity index (χ4v) is 4.77. The SMILES string of the molecule is Cc1cc(Nc2nc(O[C@H]3CC[C@H](N4CCOCC4)CC3)c3[nH]ncc3n2)sn1. The van der Waals surface area contributed by atoms with Gasteiger partial charge in [0.2, 0.25) is 11.8 Å². The Labute approximate surface area is 173 Å². The van der Waals surface area contributed by atoms with E-state index >= 15 is 0 Å². The molecule has 1 saturated carbocycles. The second-order valence-electron chi connectivity index (χ2n) is 7.64. The first-order valence-electron chi connectivity index (χ1n) is 10.1.